The second-order valence-electron chi connectivity index (χ2n) is 5.88. The van der Waals surface area contributed by atoms with E-state index in [-0.39, 0.29) is 12.3 Å². The molecule has 1 aromatic rings. The molecular formula is C16H25N3O3. The Balaban J connectivity index is 2.70. The van der Waals surface area contributed by atoms with Crippen LogP contribution in [0.3, 0.4) is 0 Å². The summed E-state index contributed by atoms with van der Waals surface area (Å²) in [7, 11) is 0. The van der Waals surface area contributed by atoms with E-state index in [0.29, 0.717) is 24.6 Å². The second-order valence-corrected chi connectivity index (χ2v) is 5.88. The molecule has 0 aromatic carbocycles. The smallest absolute Gasteiger partial charge is 0.413 e. The molecule has 6 heteroatoms. The molecule has 0 aliphatic carbocycles. The quantitative estimate of drug-likeness (QED) is 0.908. The maximum absolute atomic E-state index is 12.1. The third-order valence-corrected chi connectivity index (χ3v) is 2.88. The monoisotopic (exact) mass is 307 g/mol. The standard InChI is InChI=1S/C16H25N3O3/c1-6-19(7-2)14(20)11-12-9-8-10-13(17-12)18-15(21)22-16(3,4)5/h8-10H,6-7,11H2,1-5H3,(H,17,18,21). The molecule has 0 spiro atoms. The summed E-state index contributed by atoms with van der Waals surface area (Å²) in [4.78, 5) is 29.8. The maximum Gasteiger partial charge on any atom is 0.413 e. The van der Waals surface area contributed by atoms with E-state index in [9.17, 15) is 9.59 Å². The molecule has 0 atom stereocenters. The number of nitrogens with one attached hydrogen (secondary N) is 1. The fourth-order valence-corrected chi connectivity index (χ4v) is 1.90. The average molecular weight is 307 g/mol. The summed E-state index contributed by atoms with van der Waals surface area (Å²) in [5, 5.41) is 2.57. The lowest BCUT2D eigenvalue weighted by molar-refractivity contribution is -0.130. The van der Waals surface area contributed by atoms with Gasteiger partial charge in [-0.2, -0.15) is 0 Å². The van der Waals surface area contributed by atoms with E-state index in [1.807, 2.05) is 13.8 Å². The maximum atomic E-state index is 12.1. The molecule has 0 radical (unpaired) electrons. The highest BCUT2D eigenvalue weighted by molar-refractivity contribution is 5.84. The van der Waals surface area contributed by atoms with Crippen LogP contribution in [0.4, 0.5) is 10.6 Å². The first-order valence-corrected chi connectivity index (χ1v) is 7.49. The molecule has 6 nitrogen and oxygen atoms in total. The fraction of sp³-hybridized carbons (Fsp3) is 0.562. The van der Waals surface area contributed by atoms with Crippen LogP contribution in [-0.4, -0.2) is 40.6 Å². The third-order valence-electron chi connectivity index (χ3n) is 2.88. The van der Waals surface area contributed by atoms with E-state index in [1.54, 1.807) is 43.9 Å². The lowest BCUT2D eigenvalue weighted by Gasteiger charge is -2.20. The molecule has 1 aromatic heterocycles. The van der Waals surface area contributed by atoms with Crippen LogP contribution in [0.15, 0.2) is 18.2 Å². The van der Waals surface area contributed by atoms with Crippen molar-refractivity contribution >= 4 is 17.8 Å². The van der Waals surface area contributed by atoms with Crippen molar-refractivity contribution in [2.24, 2.45) is 0 Å². The summed E-state index contributed by atoms with van der Waals surface area (Å²) in [5.74, 6) is 0.394. The number of likely N-dealkylation sites (N-methyl/N-ethyl adjacent to an activating group) is 1. The first kappa shape index (κ1) is 17.9. The molecule has 0 saturated carbocycles. The van der Waals surface area contributed by atoms with Gasteiger partial charge in [0.1, 0.15) is 11.4 Å². The van der Waals surface area contributed by atoms with Crippen molar-refractivity contribution in [2.75, 3.05) is 18.4 Å². The zero-order chi connectivity index (χ0) is 16.8. The van der Waals surface area contributed by atoms with Gasteiger partial charge in [0.2, 0.25) is 5.91 Å². The van der Waals surface area contributed by atoms with Gasteiger partial charge in [-0.05, 0) is 46.8 Å². The van der Waals surface area contributed by atoms with Gasteiger partial charge in [0.05, 0.1) is 12.1 Å². The Morgan fingerprint density at radius 2 is 1.86 bits per heavy atom. The zero-order valence-electron chi connectivity index (χ0n) is 14.0. The van der Waals surface area contributed by atoms with Crippen molar-refractivity contribution in [3.63, 3.8) is 0 Å². The Hall–Kier alpha value is -2.11. The predicted octanol–water partition coefficient (Wildman–Crippen LogP) is 2.84. The summed E-state index contributed by atoms with van der Waals surface area (Å²) >= 11 is 0. The number of aromatic nitrogens is 1. The van der Waals surface area contributed by atoms with Crippen LogP contribution in [0.25, 0.3) is 0 Å². The van der Waals surface area contributed by atoms with E-state index >= 15 is 0 Å². The SMILES string of the molecule is CCN(CC)C(=O)Cc1cccc(NC(=O)OC(C)(C)C)n1. The average Bonchev–Trinajstić information content (AvgIpc) is 2.38. The second kappa shape index (κ2) is 7.77. The zero-order valence-corrected chi connectivity index (χ0v) is 14.0. The molecule has 0 aliphatic rings. The lowest BCUT2D eigenvalue weighted by Crippen LogP contribution is -2.32. The highest BCUT2D eigenvalue weighted by Gasteiger charge is 2.17. The van der Waals surface area contributed by atoms with E-state index in [2.05, 4.69) is 10.3 Å². The molecule has 122 valence electrons. The topological polar surface area (TPSA) is 71.5 Å². The normalized spacial score (nSPS) is 11.0. The Morgan fingerprint density at radius 3 is 2.41 bits per heavy atom. The van der Waals surface area contributed by atoms with Crippen molar-refractivity contribution in [2.45, 2.75) is 46.6 Å². The number of nitrogens with zero attached hydrogens (tertiary/aromatic N) is 2. The van der Waals surface area contributed by atoms with Crippen LogP contribution in [0.5, 0.6) is 0 Å². The Morgan fingerprint density at radius 1 is 1.23 bits per heavy atom. The summed E-state index contributed by atoms with van der Waals surface area (Å²) in [6.07, 6.45) is -0.349. The number of ether oxygens (including phenoxy) is 1. The molecule has 0 aliphatic heterocycles. The first-order valence-electron chi connectivity index (χ1n) is 7.49. The molecule has 1 rings (SSSR count). The number of hydrogen-bond donors (Lipinski definition) is 1. The highest BCUT2D eigenvalue weighted by Crippen LogP contribution is 2.11. The molecule has 0 fully saturated rings. The van der Waals surface area contributed by atoms with Gasteiger partial charge in [-0.15, -0.1) is 0 Å². The van der Waals surface area contributed by atoms with Crippen LogP contribution in [0.2, 0.25) is 0 Å². The Bertz CT molecular complexity index is 520. The van der Waals surface area contributed by atoms with Gasteiger partial charge in [-0.1, -0.05) is 6.07 Å². The third kappa shape index (κ3) is 6.11. The van der Waals surface area contributed by atoms with Gasteiger partial charge in [0, 0.05) is 13.1 Å². The largest absolute Gasteiger partial charge is 0.444 e. The molecule has 0 bridgehead atoms. The number of anilines is 1. The number of carbonyl (C=O) groups is 2. The summed E-state index contributed by atoms with van der Waals surface area (Å²) in [6, 6.07) is 5.18. The van der Waals surface area contributed by atoms with Gasteiger partial charge in [0.25, 0.3) is 0 Å². The molecule has 0 unspecified atom stereocenters. The summed E-state index contributed by atoms with van der Waals surface area (Å²) < 4.78 is 5.17. The van der Waals surface area contributed by atoms with Gasteiger partial charge < -0.3 is 9.64 Å². The molecule has 2 amide bonds. The van der Waals surface area contributed by atoms with Gasteiger partial charge >= 0.3 is 6.09 Å². The minimum atomic E-state index is -0.569. The Labute approximate surface area is 131 Å². The van der Waals surface area contributed by atoms with Crippen LogP contribution in [0, 0.1) is 0 Å². The summed E-state index contributed by atoms with van der Waals surface area (Å²) in [5.41, 5.74) is 0.0471. The van der Waals surface area contributed by atoms with Crippen molar-refractivity contribution in [3.8, 4) is 0 Å². The number of hydrogen-bond acceptors (Lipinski definition) is 4. The molecule has 0 saturated heterocycles. The fourth-order valence-electron chi connectivity index (χ4n) is 1.90. The number of carbonyl (C=O) groups excluding carboxylic acids is 2. The minimum Gasteiger partial charge on any atom is -0.444 e. The number of pyridine rings is 1. The molecule has 22 heavy (non-hydrogen) atoms. The van der Waals surface area contributed by atoms with Crippen LogP contribution in [0.1, 0.15) is 40.3 Å². The van der Waals surface area contributed by atoms with Gasteiger partial charge in [0.15, 0.2) is 0 Å². The van der Waals surface area contributed by atoms with Crippen molar-refractivity contribution in [1.29, 1.82) is 0 Å². The number of amides is 2. The molecule has 1 N–H and O–H groups in total. The summed E-state index contributed by atoms with van der Waals surface area (Å²) in [6.45, 7) is 10.6. The van der Waals surface area contributed by atoms with Crippen molar-refractivity contribution < 1.29 is 14.3 Å². The highest BCUT2D eigenvalue weighted by atomic mass is 16.6. The predicted molar refractivity (Wildman–Crippen MR) is 85.7 cm³/mol. The minimum absolute atomic E-state index is 0.0203. The van der Waals surface area contributed by atoms with E-state index in [0.717, 1.165) is 0 Å². The van der Waals surface area contributed by atoms with E-state index in [1.165, 1.54) is 0 Å². The van der Waals surface area contributed by atoms with Crippen molar-refractivity contribution in [1.82, 2.24) is 9.88 Å². The number of rotatable bonds is 5. The molecular weight excluding hydrogens is 282 g/mol. The molecule has 1 heterocycles. The van der Waals surface area contributed by atoms with Crippen molar-refractivity contribution in [3.05, 3.63) is 23.9 Å². The lowest BCUT2D eigenvalue weighted by atomic mass is 10.2. The van der Waals surface area contributed by atoms with Crippen LogP contribution < -0.4 is 5.32 Å². The van der Waals surface area contributed by atoms with E-state index < -0.39 is 11.7 Å². The van der Waals surface area contributed by atoms with E-state index in [4.69, 9.17) is 4.74 Å². The first-order chi connectivity index (χ1) is 10.2. The van der Waals surface area contributed by atoms with Gasteiger partial charge in [-0.25, -0.2) is 9.78 Å². The van der Waals surface area contributed by atoms with Gasteiger partial charge in [-0.3, -0.25) is 10.1 Å². The Kier molecular flexibility index (Phi) is 6.34. The van der Waals surface area contributed by atoms with Crippen LogP contribution >= 0.6 is 0 Å². The van der Waals surface area contributed by atoms with Crippen LogP contribution in [-0.2, 0) is 16.0 Å².